The molecule has 0 aliphatic heterocycles. The Morgan fingerprint density at radius 3 is 2.08 bits per heavy atom. The van der Waals surface area contributed by atoms with Gasteiger partial charge in [0.25, 0.3) is 11.8 Å². The van der Waals surface area contributed by atoms with E-state index in [1.54, 1.807) is 48.5 Å². The molecule has 0 aliphatic rings. The minimum absolute atomic E-state index is 0.0734. The van der Waals surface area contributed by atoms with Gasteiger partial charge in [-0.3, -0.25) is 14.4 Å². The molecule has 5 rings (SSSR count). The molecule has 0 unspecified atom stereocenters. The van der Waals surface area contributed by atoms with Crippen molar-refractivity contribution in [2.75, 3.05) is 23.0 Å². The zero-order valence-electron chi connectivity index (χ0n) is 26.3. The van der Waals surface area contributed by atoms with Crippen LogP contribution in [0.4, 0.5) is 11.4 Å². The Bertz CT molecular complexity index is 1850. The number of anilines is 2. The van der Waals surface area contributed by atoms with Gasteiger partial charge < -0.3 is 25.4 Å². The second kappa shape index (κ2) is 17.2. The smallest absolute Gasteiger partial charge is 0.272 e. The van der Waals surface area contributed by atoms with E-state index in [1.807, 2.05) is 97.9 Å². The monoisotopic (exact) mass is 657 g/mol. The molecule has 5 aromatic rings. The topological polar surface area (TPSA) is 106 Å². The maximum atomic E-state index is 13.5. The summed E-state index contributed by atoms with van der Waals surface area (Å²) in [4.78, 5) is 39.9. The first-order valence-corrected chi connectivity index (χ1v) is 16.4. The summed E-state index contributed by atoms with van der Waals surface area (Å²) in [6.45, 7) is 2.82. The highest BCUT2D eigenvalue weighted by molar-refractivity contribution is 8.00. The summed E-state index contributed by atoms with van der Waals surface area (Å²) >= 11 is 1.37. The first kappa shape index (κ1) is 33.6. The second-order valence-corrected chi connectivity index (χ2v) is 11.5. The fourth-order valence-electron chi connectivity index (χ4n) is 4.53. The van der Waals surface area contributed by atoms with Crippen molar-refractivity contribution in [3.05, 3.63) is 156 Å². The van der Waals surface area contributed by atoms with Crippen LogP contribution in [-0.4, -0.2) is 30.1 Å². The number of carbonyl (C=O) groups is 3. The Labute approximate surface area is 284 Å². The van der Waals surface area contributed by atoms with Gasteiger partial charge in [0.2, 0.25) is 5.91 Å². The number of para-hydroxylation sites is 2. The molecule has 242 valence electrons. The summed E-state index contributed by atoms with van der Waals surface area (Å²) in [5.41, 5.74) is 3.41. The molecule has 0 saturated carbocycles. The van der Waals surface area contributed by atoms with Gasteiger partial charge in [-0.25, -0.2) is 0 Å². The summed E-state index contributed by atoms with van der Waals surface area (Å²) < 4.78 is 11.5. The molecule has 0 fully saturated rings. The van der Waals surface area contributed by atoms with E-state index in [9.17, 15) is 14.4 Å². The van der Waals surface area contributed by atoms with Gasteiger partial charge in [0.05, 0.1) is 18.0 Å². The summed E-state index contributed by atoms with van der Waals surface area (Å²) in [5.74, 6) is 0.438. The normalized spacial score (nSPS) is 10.9. The number of benzene rings is 5. The Kier molecular flexibility index (Phi) is 12.0. The molecule has 0 bridgehead atoms. The van der Waals surface area contributed by atoms with Crippen LogP contribution in [0.15, 0.2) is 144 Å². The lowest BCUT2D eigenvalue weighted by molar-refractivity contribution is -0.114. The first-order chi connectivity index (χ1) is 23.5. The molecule has 48 heavy (non-hydrogen) atoms. The van der Waals surface area contributed by atoms with Crippen molar-refractivity contribution in [2.45, 2.75) is 18.4 Å². The molecule has 0 aliphatic carbocycles. The van der Waals surface area contributed by atoms with E-state index in [2.05, 4.69) is 16.0 Å². The van der Waals surface area contributed by atoms with Gasteiger partial charge in [-0.2, -0.15) is 0 Å². The van der Waals surface area contributed by atoms with Crippen LogP contribution in [0.5, 0.6) is 11.5 Å². The standard InChI is InChI=1S/C39H35N3O5S/c1-2-46-36-16-10-9-15-34(36)41-37(43)27-48-33-23-19-31(20-24-33)40-39(45)35(42-38(44)30-13-7-4-8-14-30)25-28-17-21-32(22-18-28)47-26-29-11-5-3-6-12-29/h3-25H,2,26-27H2,1H3,(H,40,45)(H,41,43)(H,42,44)/b35-25-. The van der Waals surface area contributed by atoms with E-state index < -0.39 is 11.8 Å². The molecular weight excluding hydrogens is 623 g/mol. The SMILES string of the molecule is CCOc1ccccc1NC(=O)CSc1ccc(NC(=O)/C(=C/c2ccc(OCc3ccccc3)cc2)NC(=O)c2ccccc2)cc1. The molecule has 8 nitrogen and oxygen atoms in total. The number of amides is 3. The molecule has 0 atom stereocenters. The van der Waals surface area contributed by atoms with Crippen molar-refractivity contribution >= 4 is 46.9 Å². The van der Waals surface area contributed by atoms with Crippen LogP contribution in [0, 0.1) is 0 Å². The highest BCUT2D eigenvalue weighted by Gasteiger charge is 2.16. The number of thioether (sulfide) groups is 1. The quantitative estimate of drug-likeness (QED) is 0.0832. The van der Waals surface area contributed by atoms with E-state index in [1.165, 1.54) is 11.8 Å². The molecule has 0 heterocycles. The molecule has 0 saturated heterocycles. The van der Waals surface area contributed by atoms with E-state index in [0.29, 0.717) is 47.2 Å². The fraction of sp³-hybridized carbons (Fsp3) is 0.103. The summed E-state index contributed by atoms with van der Waals surface area (Å²) in [7, 11) is 0. The van der Waals surface area contributed by atoms with Crippen LogP contribution in [0.1, 0.15) is 28.4 Å². The molecule has 0 aromatic heterocycles. The minimum Gasteiger partial charge on any atom is -0.492 e. The zero-order chi connectivity index (χ0) is 33.6. The van der Waals surface area contributed by atoms with Crippen LogP contribution in [0.25, 0.3) is 6.08 Å². The van der Waals surface area contributed by atoms with Crippen LogP contribution in [0.2, 0.25) is 0 Å². The van der Waals surface area contributed by atoms with Crippen LogP contribution in [0.3, 0.4) is 0 Å². The molecule has 0 spiro atoms. The first-order valence-electron chi connectivity index (χ1n) is 15.4. The number of hydrogen-bond acceptors (Lipinski definition) is 6. The van der Waals surface area contributed by atoms with Crippen molar-refractivity contribution in [2.24, 2.45) is 0 Å². The molecule has 9 heteroatoms. The number of rotatable bonds is 14. The molecule has 3 N–H and O–H groups in total. The minimum atomic E-state index is -0.489. The fourth-order valence-corrected chi connectivity index (χ4v) is 5.23. The lowest BCUT2D eigenvalue weighted by Gasteiger charge is -2.12. The Hall–Kier alpha value is -5.80. The van der Waals surface area contributed by atoms with Crippen molar-refractivity contribution in [1.82, 2.24) is 5.32 Å². The van der Waals surface area contributed by atoms with E-state index in [4.69, 9.17) is 9.47 Å². The lowest BCUT2D eigenvalue weighted by atomic mass is 10.1. The largest absolute Gasteiger partial charge is 0.492 e. The predicted octanol–water partition coefficient (Wildman–Crippen LogP) is 7.80. The third kappa shape index (κ3) is 10.1. The number of nitrogens with one attached hydrogen (secondary N) is 3. The Morgan fingerprint density at radius 1 is 0.708 bits per heavy atom. The van der Waals surface area contributed by atoms with Crippen LogP contribution >= 0.6 is 11.8 Å². The highest BCUT2D eigenvalue weighted by atomic mass is 32.2. The third-order valence-electron chi connectivity index (χ3n) is 6.91. The van der Waals surface area contributed by atoms with Crippen molar-refractivity contribution in [1.29, 1.82) is 0 Å². The summed E-state index contributed by atoms with van der Waals surface area (Å²) in [5, 5.41) is 8.51. The van der Waals surface area contributed by atoms with Crippen molar-refractivity contribution in [3.63, 3.8) is 0 Å². The number of hydrogen-bond donors (Lipinski definition) is 3. The number of ether oxygens (including phenoxy) is 2. The molecule has 0 radical (unpaired) electrons. The Balaban J connectivity index is 1.22. The van der Waals surface area contributed by atoms with E-state index >= 15 is 0 Å². The van der Waals surface area contributed by atoms with Crippen molar-refractivity contribution < 1.29 is 23.9 Å². The molecule has 5 aromatic carbocycles. The van der Waals surface area contributed by atoms with Crippen LogP contribution in [-0.2, 0) is 16.2 Å². The van der Waals surface area contributed by atoms with Gasteiger partial charge in [-0.05, 0) is 84.8 Å². The van der Waals surface area contributed by atoms with Gasteiger partial charge in [-0.15, -0.1) is 11.8 Å². The summed E-state index contributed by atoms with van der Waals surface area (Å²) in [6, 6.07) is 40.3. The maximum Gasteiger partial charge on any atom is 0.272 e. The van der Waals surface area contributed by atoms with Gasteiger partial charge in [-0.1, -0.05) is 72.8 Å². The van der Waals surface area contributed by atoms with Gasteiger partial charge >= 0.3 is 0 Å². The van der Waals surface area contributed by atoms with Gasteiger partial charge in [0.1, 0.15) is 23.8 Å². The van der Waals surface area contributed by atoms with E-state index in [0.717, 1.165) is 10.5 Å². The third-order valence-corrected chi connectivity index (χ3v) is 7.92. The molecule has 3 amide bonds. The maximum absolute atomic E-state index is 13.5. The van der Waals surface area contributed by atoms with E-state index in [-0.39, 0.29) is 17.4 Å². The zero-order valence-corrected chi connectivity index (χ0v) is 27.2. The van der Waals surface area contributed by atoms with Crippen LogP contribution < -0.4 is 25.4 Å². The van der Waals surface area contributed by atoms with Gasteiger partial charge in [0, 0.05) is 16.1 Å². The lowest BCUT2D eigenvalue weighted by Crippen LogP contribution is -2.30. The predicted molar refractivity (Wildman–Crippen MR) is 191 cm³/mol. The Morgan fingerprint density at radius 2 is 1.38 bits per heavy atom. The molecular formula is C39H35N3O5S. The highest BCUT2D eigenvalue weighted by Crippen LogP contribution is 2.25. The number of carbonyl (C=O) groups excluding carboxylic acids is 3. The van der Waals surface area contributed by atoms with Gasteiger partial charge in [0.15, 0.2) is 0 Å². The van der Waals surface area contributed by atoms with Crippen molar-refractivity contribution in [3.8, 4) is 11.5 Å². The average Bonchev–Trinajstić information content (AvgIpc) is 3.12. The average molecular weight is 658 g/mol. The second-order valence-electron chi connectivity index (χ2n) is 10.5. The summed E-state index contributed by atoms with van der Waals surface area (Å²) in [6.07, 6.45) is 1.61.